The van der Waals surface area contributed by atoms with Crippen molar-refractivity contribution in [2.45, 2.75) is 31.7 Å². The van der Waals surface area contributed by atoms with Crippen LogP contribution in [0, 0.1) is 6.92 Å². The number of benzene rings is 1. The fourth-order valence-electron chi connectivity index (χ4n) is 1.72. The second-order valence-corrected chi connectivity index (χ2v) is 4.03. The van der Waals surface area contributed by atoms with E-state index in [9.17, 15) is 8.78 Å². The van der Waals surface area contributed by atoms with Gasteiger partial charge in [-0.25, -0.2) is 8.78 Å². The van der Waals surface area contributed by atoms with Crippen molar-refractivity contribution in [1.29, 1.82) is 0 Å². The Bertz CT molecular complexity index is 356. The first-order valence-corrected chi connectivity index (χ1v) is 4.71. The van der Waals surface area contributed by atoms with Crippen molar-refractivity contribution in [2.75, 3.05) is 0 Å². The molecule has 76 valence electrons. The number of hydrogen-bond donors (Lipinski definition) is 1. The van der Waals surface area contributed by atoms with Crippen molar-refractivity contribution in [3.8, 4) is 0 Å². The average molecular weight is 197 g/mol. The average Bonchev–Trinajstić information content (AvgIpc) is 2.85. The summed E-state index contributed by atoms with van der Waals surface area (Å²) in [5.74, 6) is 0. The number of alkyl halides is 2. The number of halogens is 2. The molecule has 0 spiro atoms. The molecule has 0 unspecified atom stereocenters. The number of hydrogen-bond acceptors (Lipinski definition) is 1. The summed E-state index contributed by atoms with van der Waals surface area (Å²) < 4.78 is 24.9. The minimum atomic E-state index is -2.41. The molecule has 1 aromatic carbocycles. The molecule has 2 N–H and O–H groups in total. The van der Waals surface area contributed by atoms with E-state index < -0.39 is 6.43 Å². The second-order valence-electron chi connectivity index (χ2n) is 4.03. The third-order valence-corrected chi connectivity index (χ3v) is 2.84. The zero-order chi connectivity index (χ0) is 10.3. The Balaban J connectivity index is 2.43. The van der Waals surface area contributed by atoms with Crippen LogP contribution >= 0.6 is 0 Å². The number of rotatable bonds is 2. The van der Waals surface area contributed by atoms with E-state index in [1.54, 1.807) is 12.1 Å². The van der Waals surface area contributed by atoms with Gasteiger partial charge in [-0.1, -0.05) is 12.1 Å². The molecule has 1 saturated carbocycles. The molecule has 1 aromatic rings. The van der Waals surface area contributed by atoms with Gasteiger partial charge in [0.2, 0.25) is 0 Å². The SMILES string of the molecule is Cc1ccc(C(F)F)cc1C1(N)CC1. The van der Waals surface area contributed by atoms with Crippen LogP contribution in [0.3, 0.4) is 0 Å². The molecule has 0 aliphatic heterocycles. The van der Waals surface area contributed by atoms with Gasteiger partial charge >= 0.3 is 0 Å². The van der Waals surface area contributed by atoms with Gasteiger partial charge in [-0.2, -0.15) is 0 Å². The first kappa shape index (κ1) is 9.59. The van der Waals surface area contributed by atoms with Crippen LogP contribution in [0.2, 0.25) is 0 Å². The summed E-state index contributed by atoms with van der Waals surface area (Å²) in [5, 5.41) is 0. The van der Waals surface area contributed by atoms with Gasteiger partial charge in [-0.15, -0.1) is 0 Å². The normalized spacial score (nSPS) is 18.6. The number of nitrogens with two attached hydrogens (primary N) is 1. The van der Waals surface area contributed by atoms with E-state index in [4.69, 9.17) is 5.73 Å². The third kappa shape index (κ3) is 1.52. The molecule has 0 saturated heterocycles. The summed E-state index contributed by atoms with van der Waals surface area (Å²) in [4.78, 5) is 0. The fraction of sp³-hybridized carbons (Fsp3) is 0.455. The van der Waals surface area contributed by atoms with Crippen LogP contribution in [0.15, 0.2) is 18.2 Å². The molecule has 1 aliphatic carbocycles. The molecule has 1 aliphatic rings. The molecule has 0 amide bonds. The minimum absolute atomic E-state index is 0.0716. The molecule has 0 atom stereocenters. The van der Waals surface area contributed by atoms with Crippen LogP contribution in [0.25, 0.3) is 0 Å². The van der Waals surface area contributed by atoms with E-state index in [1.807, 2.05) is 6.92 Å². The molecular weight excluding hydrogens is 184 g/mol. The highest BCUT2D eigenvalue weighted by Gasteiger charge is 2.41. The Hall–Kier alpha value is -0.960. The van der Waals surface area contributed by atoms with Crippen LogP contribution in [0.1, 0.15) is 36.0 Å². The van der Waals surface area contributed by atoms with Gasteiger partial charge in [-0.05, 0) is 37.0 Å². The molecule has 0 bridgehead atoms. The van der Waals surface area contributed by atoms with Gasteiger partial charge in [0.15, 0.2) is 0 Å². The van der Waals surface area contributed by atoms with Crippen LogP contribution in [0.4, 0.5) is 8.78 Å². The Morgan fingerprint density at radius 1 is 1.36 bits per heavy atom. The van der Waals surface area contributed by atoms with E-state index in [-0.39, 0.29) is 11.1 Å². The summed E-state index contributed by atoms with van der Waals surface area (Å²) in [5.41, 5.74) is 7.63. The molecule has 0 heterocycles. The first-order chi connectivity index (χ1) is 6.53. The third-order valence-electron chi connectivity index (χ3n) is 2.84. The van der Waals surface area contributed by atoms with Gasteiger partial charge in [-0.3, -0.25) is 0 Å². The summed E-state index contributed by atoms with van der Waals surface area (Å²) >= 11 is 0. The second kappa shape index (κ2) is 3.02. The topological polar surface area (TPSA) is 26.0 Å². The van der Waals surface area contributed by atoms with Crippen molar-refractivity contribution < 1.29 is 8.78 Å². The Kier molecular flexibility index (Phi) is 2.07. The summed E-state index contributed by atoms with van der Waals surface area (Å²) in [7, 11) is 0. The summed E-state index contributed by atoms with van der Waals surface area (Å²) in [6.45, 7) is 1.91. The lowest BCUT2D eigenvalue weighted by Crippen LogP contribution is -2.20. The van der Waals surface area contributed by atoms with Crippen molar-refractivity contribution in [2.24, 2.45) is 5.73 Å². The maximum Gasteiger partial charge on any atom is 0.263 e. The maximum absolute atomic E-state index is 12.4. The van der Waals surface area contributed by atoms with Crippen LogP contribution < -0.4 is 5.73 Å². The largest absolute Gasteiger partial charge is 0.321 e. The van der Waals surface area contributed by atoms with Gasteiger partial charge in [0.05, 0.1) is 0 Å². The van der Waals surface area contributed by atoms with Crippen molar-refractivity contribution in [3.05, 3.63) is 34.9 Å². The van der Waals surface area contributed by atoms with Gasteiger partial charge in [0.1, 0.15) is 0 Å². The minimum Gasteiger partial charge on any atom is -0.321 e. The Labute approximate surface area is 81.9 Å². The summed E-state index contributed by atoms with van der Waals surface area (Å²) in [6, 6.07) is 4.74. The first-order valence-electron chi connectivity index (χ1n) is 4.71. The zero-order valence-corrected chi connectivity index (χ0v) is 8.06. The van der Waals surface area contributed by atoms with E-state index in [0.29, 0.717) is 0 Å². The molecule has 1 fully saturated rings. The highest BCUT2D eigenvalue weighted by atomic mass is 19.3. The van der Waals surface area contributed by atoms with Crippen molar-refractivity contribution in [3.63, 3.8) is 0 Å². The molecule has 0 aromatic heterocycles. The van der Waals surface area contributed by atoms with E-state index >= 15 is 0 Å². The molecule has 0 radical (unpaired) electrons. The van der Waals surface area contributed by atoms with E-state index in [1.165, 1.54) is 6.07 Å². The van der Waals surface area contributed by atoms with Gasteiger partial charge in [0, 0.05) is 11.1 Å². The highest BCUT2D eigenvalue weighted by Crippen LogP contribution is 2.44. The fourth-order valence-corrected chi connectivity index (χ4v) is 1.72. The van der Waals surface area contributed by atoms with E-state index in [2.05, 4.69) is 0 Å². The smallest absolute Gasteiger partial charge is 0.263 e. The summed E-state index contributed by atoms with van der Waals surface area (Å²) in [6.07, 6.45) is -0.599. The monoisotopic (exact) mass is 197 g/mol. The zero-order valence-electron chi connectivity index (χ0n) is 8.06. The number of aryl methyl sites for hydroxylation is 1. The van der Waals surface area contributed by atoms with Crippen LogP contribution in [-0.2, 0) is 5.54 Å². The Morgan fingerprint density at radius 2 is 2.00 bits per heavy atom. The molecule has 14 heavy (non-hydrogen) atoms. The lowest BCUT2D eigenvalue weighted by molar-refractivity contribution is 0.151. The molecule has 1 nitrogen and oxygen atoms in total. The van der Waals surface area contributed by atoms with Crippen molar-refractivity contribution in [1.82, 2.24) is 0 Å². The molecule has 2 rings (SSSR count). The molecular formula is C11H13F2N. The van der Waals surface area contributed by atoms with Gasteiger partial charge in [0.25, 0.3) is 6.43 Å². The standard InChI is InChI=1S/C11H13F2N/c1-7-2-3-8(10(12)13)6-9(7)11(14)4-5-11/h2-3,6,10H,4-5,14H2,1H3. The van der Waals surface area contributed by atoms with Gasteiger partial charge < -0.3 is 5.73 Å². The lowest BCUT2D eigenvalue weighted by Gasteiger charge is -2.14. The van der Waals surface area contributed by atoms with E-state index in [0.717, 1.165) is 24.0 Å². The van der Waals surface area contributed by atoms with Crippen LogP contribution in [0.5, 0.6) is 0 Å². The van der Waals surface area contributed by atoms with Crippen molar-refractivity contribution >= 4 is 0 Å². The predicted octanol–water partition coefficient (Wildman–Crippen LogP) is 2.88. The highest BCUT2D eigenvalue weighted by molar-refractivity contribution is 5.39. The van der Waals surface area contributed by atoms with Crippen LogP contribution in [-0.4, -0.2) is 0 Å². The maximum atomic E-state index is 12.4. The quantitative estimate of drug-likeness (QED) is 0.775. The molecule has 3 heteroatoms. The predicted molar refractivity (Wildman–Crippen MR) is 51.2 cm³/mol. The lowest BCUT2D eigenvalue weighted by atomic mass is 9.97. The Morgan fingerprint density at radius 3 is 2.50 bits per heavy atom.